The van der Waals surface area contributed by atoms with E-state index in [1.165, 1.54) is 10.8 Å². The highest BCUT2D eigenvalue weighted by Gasteiger charge is 2.11. The third kappa shape index (κ3) is 3.67. The molecule has 4 aromatic rings. The van der Waals surface area contributed by atoms with Crippen LogP contribution in [0.15, 0.2) is 76.1 Å². The van der Waals surface area contributed by atoms with Gasteiger partial charge in [0.2, 0.25) is 4.80 Å². The van der Waals surface area contributed by atoms with Crippen molar-refractivity contribution in [2.24, 2.45) is 10.1 Å². The molecule has 0 radical (unpaired) electrons. The molecule has 0 aliphatic heterocycles. The fraction of sp³-hybridized carbons (Fsp3) is 0.130. The van der Waals surface area contributed by atoms with Crippen molar-refractivity contribution in [2.75, 3.05) is 21.3 Å². The molecule has 0 saturated heterocycles. The summed E-state index contributed by atoms with van der Waals surface area (Å²) < 4.78 is 12.7. The fourth-order valence-electron chi connectivity index (χ4n) is 3.26. The van der Waals surface area contributed by atoms with Gasteiger partial charge in [0.25, 0.3) is 0 Å². The lowest BCUT2D eigenvalue weighted by atomic mass is 10.0. The van der Waals surface area contributed by atoms with Gasteiger partial charge in [0.15, 0.2) is 0 Å². The number of nitrogens with zero attached hydrogens (tertiary/aromatic N) is 3. The lowest BCUT2D eigenvalue weighted by molar-refractivity contribution is 0.402. The summed E-state index contributed by atoms with van der Waals surface area (Å²) in [7, 11) is 5.06. The average Bonchev–Trinajstić information content (AvgIpc) is 3.19. The van der Waals surface area contributed by atoms with Crippen molar-refractivity contribution in [3.05, 3.63) is 76.4 Å². The summed E-state index contributed by atoms with van der Waals surface area (Å²) in [4.78, 5) is 5.21. The molecule has 0 unspecified atom stereocenters. The van der Waals surface area contributed by atoms with E-state index >= 15 is 0 Å². The van der Waals surface area contributed by atoms with E-state index < -0.39 is 0 Å². The van der Waals surface area contributed by atoms with Crippen LogP contribution >= 0.6 is 11.3 Å². The van der Waals surface area contributed by atoms with Crippen molar-refractivity contribution in [3.63, 3.8) is 0 Å². The van der Waals surface area contributed by atoms with E-state index in [1.807, 2.05) is 28.9 Å². The minimum Gasteiger partial charge on any atom is -0.497 e. The van der Waals surface area contributed by atoms with Crippen molar-refractivity contribution >= 4 is 28.3 Å². The minimum atomic E-state index is 0.729. The first-order valence-corrected chi connectivity index (χ1v) is 10.0. The normalized spacial score (nSPS) is 12.0. The Morgan fingerprint density at radius 2 is 1.79 bits per heavy atom. The maximum atomic E-state index is 5.47. The number of hydrogen-bond acceptors (Lipinski definition) is 5. The van der Waals surface area contributed by atoms with Gasteiger partial charge in [-0.25, -0.2) is 4.68 Å². The zero-order valence-corrected chi connectivity index (χ0v) is 17.3. The van der Waals surface area contributed by atoms with Crippen LogP contribution in [0.2, 0.25) is 0 Å². The number of thiazole rings is 1. The first kappa shape index (κ1) is 19.0. The highest BCUT2D eigenvalue weighted by atomic mass is 32.1. The molecule has 0 N–H and O–H groups in total. The third-order valence-electron chi connectivity index (χ3n) is 4.69. The number of hydrogen-bond donors (Lipinski definition) is 0. The van der Waals surface area contributed by atoms with Crippen LogP contribution in [0.3, 0.4) is 0 Å². The van der Waals surface area contributed by atoms with Crippen LogP contribution in [0.1, 0.15) is 5.56 Å². The van der Waals surface area contributed by atoms with Gasteiger partial charge in [-0.2, -0.15) is 5.10 Å². The Labute approximate surface area is 173 Å². The second kappa shape index (κ2) is 8.32. The molecule has 0 spiro atoms. The Morgan fingerprint density at radius 3 is 2.59 bits per heavy atom. The molecule has 0 atom stereocenters. The lowest BCUT2D eigenvalue weighted by Gasteiger charge is -2.09. The Kier molecular flexibility index (Phi) is 5.44. The summed E-state index contributed by atoms with van der Waals surface area (Å²) in [5.41, 5.74) is 2.94. The SMILES string of the molecule is CN=c1scc(-c2cccc3ccccc23)n1N=Cc1cc(OC)ccc1OC. The molecule has 6 heteroatoms. The molecule has 0 aliphatic rings. The quantitative estimate of drug-likeness (QED) is 0.450. The second-order valence-corrected chi connectivity index (χ2v) is 7.15. The molecular weight excluding hydrogens is 382 g/mol. The molecule has 1 aromatic heterocycles. The molecular formula is C23H21N3O2S. The van der Waals surface area contributed by atoms with Crippen molar-refractivity contribution in [1.82, 2.24) is 4.68 Å². The Bertz CT molecular complexity index is 1250. The molecule has 3 aromatic carbocycles. The van der Waals surface area contributed by atoms with Gasteiger partial charge >= 0.3 is 0 Å². The highest BCUT2D eigenvalue weighted by molar-refractivity contribution is 7.07. The van der Waals surface area contributed by atoms with Crippen LogP contribution in [0.4, 0.5) is 0 Å². The zero-order valence-electron chi connectivity index (χ0n) is 16.5. The van der Waals surface area contributed by atoms with E-state index in [0.29, 0.717) is 0 Å². The first-order chi connectivity index (χ1) is 14.2. The summed E-state index contributed by atoms with van der Waals surface area (Å²) in [5.74, 6) is 1.48. The number of rotatable bonds is 5. The topological polar surface area (TPSA) is 48.1 Å². The van der Waals surface area contributed by atoms with Crippen LogP contribution in [0.25, 0.3) is 22.0 Å². The average molecular weight is 404 g/mol. The molecule has 146 valence electrons. The molecule has 0 fully saturated rings. The molecule has 1 heterocycles. The standard InChI is InChI=1S/C23H21N3O2S/c1-24-23-26(25-14-17-13-18(27-2)11-12-22(17)28-3)21(15-29-23)20-10-6-8-16-7-4-5-9-19(16)20/h4-15H,1-3H3. The number of benzene rings is 3. The predicted molar refractivity (Wildman–Crippen MR) is 119 cm³/mol. The molecule has 5 nitrogen and oxygen atoms in total. The van der Waals surface area contributed by atoms with E-state index in [1.54, 1.807) is 38.8 Å². The van der Waals surface area contributed by atoms with Gasteiger partial charge in [-0.3, -0.25) is 4.99 Å². The third-order valence-corrected chi connectivity index (χ3v) is 5.60. The minimum absolute atomic E-state index is 0.729. The molecule has 0 amide bonds. The monoisotopic (exact) mass is 403 g/mol. The lowest BCUT2D eigenvalue weighted by Crippen LogP contribution is -2.11. The van der Waals surface area contributed by atoms with Gasteiger partial charge in [0.05, 0.1) is 26.1 Å². The zero-order chi connectivity index (χ0) is 20.2. The van der Waals surface area contributed by atoms with E-state index in [0.717, 1.165) is 33.1 Å². The van der Waals surface area contributed by atoms with Crippen molar-refractivity contribution < 1.29 is 9.47 Å². The van der Waals surface area contributed by atoms with E-state index in [9.17, 15) is 0 Å². The molecule has 4 rings (SSSR count). The van der Waals surface area contributed by atoms with Gasteiger partial charge in [-0.15, -0.1) is 11.3 Å². The van der Waals surface area contributed by atoms with Crippen molar-refractivity contribution in [1.29, 1.82) is 0 Å². The highest BCUT2D eigenvalue weighted by Crippen LogP contribution is 2.29. The summed E-state index contributed by atoms with van der Waals surface area (Å²) in [5, 5.41) is 9.20. The maximum Gasteiger partial charge on any atom is 0.205 e. The smallest absolute Gasteiger partial charge is 0.205 e. The van der Waals surface area contributed by atoms with Crippen molar-refractivity contribution in [3.8, 4) is 22.8 Å². The summed E-state index contributed by atoms with van der Waals surface area (Å²) >= 11 is 1.56. The van der Waals surface area contributed by atoms with Crippen molar-refractivity contribution in [2.45, 2.75) is 0 Å². The molecule has 29 heavy (non-hydrogen) atoms. The molecule has 0 bridgehead atoms. The largest absolute Gasteiger partial charge is 0.497 e. The molecule has 0 saturated carbocycles. The van der Waals surface area contributed by atoms with E-state index in [2.05, 4.69) is 46.8 Å². The van der Waals surface area contributed by atoms with Crippen LogP contribution < -0.4 is 14.3 Å². The van der Waals surface area contributed by atoms with E-state index in [-0.39, 0.29) is 0 Å². The summed E-state index contributed by atoms with van der Waals surface area (Å²) in [6.45, 7) is 0. The maximum absolute atomic E-state index is 5.47. The summed E-state index contributed by atoms with van der Waals surface area (Å²) in [6.07, 6.45) is 1.78. The fourth-order valence-corrected chi connectivity index (χ4v) is 4.05. The number of aromatic nitrogens is 1. The number of fused-ring (bicyclic) bond motifs is 1. The first-order valence-electron chi connectivity index (χ1n) is 9.13. The Hall–Kier alpha value is -3.38. The second-order valence-electron chi connectivity index (χ2n) is 6.32. The van der Waals surface area contributed by atoms with Crippen LogP contribution in [-0.4, -0.2) is 32.2 Å². The Balaban J connectivity index is 1.86. The number of methoxy groups -OCH3 is 2. The van der Waals surface area contributed by atoms with Crippen LogP contribution in [-0.2, 0) is 0 Å². The van der Waals surface area contributed by atoms with E-state index in [4.69, 9.17) is 14.6 Å². The van der Waals surface area contributed by atoms with Gasteiger partial charge in [-0.1, -0.05) is 42.5 Å². The predicted octanol–water partition coefficient (Wildman–Crippen LogP) is 4.80. The summed E-state index contributed by atoms with van der Waals surface area (Å²) in [6, 6.07) is 20.3. The van der Waals surface area contributed by atoms with Crippen LogP contribution in [0.5, 0.6) is 11.5 Å². The van der Waals surface area contributed by atoms with Crippen LogP contribution in [0, 0.1) is 0 Å². The van der Waals surface area contributed by atoms with Gasteiger partial charge in [-0.05, 0) is 29.0 Å². The van der Waals surface area contributed by atoms with Gasteiger partial charge < -0.3 is 9.47 Å². The number of ether oxygens (including phenoxy) is 2. The van der Waals surface area contributed by atoms with Gasteiger partial charge in [0.1, 0.15) is 11.5 Å². The Morgan fingerprint density at radius 1 is 0.966 bits per heavy atom. The van der Waals surface area contributed by atoms with Gasteiger partial charge in [0, 0.05) is 23.6 Å². The molecule has 0 aliphatic carbocycles.